The Balaban J connectivity index is 1.23. The van der Waals surface area contributed by atoms with Crippen LogP contribution in [-0.4, -0.2) is 12.6 Å². The molecule has 202 valence electrons. The molecule has 0 aromatic heterocycles. The molecule has 4 aromatic rings. The maximum absolute atomic E-state index is 12.7. The van der Waals surface area contributed by atoms with Crippen molar-refractivity contribution in [3.63, 3.8) is 0 Å². The zero-order chi connectivity index (χ0) is 27.3. The van der Waals surface area contributed by atoms with Gasteiger partial charge in [0, 0.05) is 0 Å². The Morgan fingerprint density at radius 3 is 2.13 bits per heavy atom. The van der Waals surface area contributed by atoms with Crippen LogP contribution in [0.2, 0.25) is 0 Å². The smallest absolute Gasteiger partial charge is 0.343 e. The zero-order valence-electron chi connectivity index (χ0n) is 23.1. The Labute approximate surface area is 231 Å². The lowest BCUT2D eigenvalue weighted by Gasteiger charge is -2.08. The summed E-state index contributed by atoms with van der Waals surface area (Å²) >= 11 is 0. The van der Waals surface area contributed by atoms with Crippen LogP contribution in [0, 0.1) is 6.92 Å². The number of carbonyl (C=O) groups excluding carboxylic acids is 1. The molecule has 5 nitrogen and oxygen atoms in total. The largest absolute Gasteiger partial charge is 0.494 e. The number of nitrogens with zero attached hydrogens (tertiary/aromatic N) is 2. The van der Waals surface area contributed by atoms with Crippen LogP contribution in [0.25, 0.3) is 10.8 Å². The first kappa shape index (κ1) is 28.0. The van der Waals surface area contributed by atoms with Crippen LogP contribution >= 0.6 is 0 Å². The van der Waals surface area contributed by atoms with E-state index in [-0.39, 0.29) is 0 Å². The molecule has 0 fully saturated rings. The number of rotatable bonds is 14. The summed E-state index contributed by atoms with van der Waals surface area (Å²) in [7, 11) is 0. The third-order valence-corrected chi connectivity index (χ3v) is 6.74. The van der Waals surface area contributed by atoms with Gasteiger partial charge >= 0.3 is 5.97 Å². The van der Waals surface area contributed by atoms with Gasteiger partial charge in [-0.25, -0.2) is 4.79 Å². The molecule has 4 rings (SSSR count). The summed E-state index contributed by atoms with van der Waals surface area (Å²) in [5.74, 6) is 0.832. The Morgan fingerprint density at radius 1 is 0.692 bits per heavy atom. The Kier molecular flexibility index (Phi) is 10.6. The second-order valence-electron chi connectivity index (χ2n) is 9.92. The standard InChI is InChI=1S/C34H38N2O3/c1-3-4-5-6-7-8-9-12-23-38-31-19-16-28(17-20-31)34(37)39-32-21-22-33(26(2)24-32)36-35-30-18-15-27-13-10-11-14-29(27)25-30/h10-11,13-22,24-25H,3-9,12,23H2,1-2H3. The molecule has 0 atom stereocenters. The van der Waals surface area contributed by atoms with E-state index in [2.05, 4.69) is 29.3 Å². The van der Waals surface area contributed by atoms with Gasteiger partial charge in [0.05, 0.1) is 23.5 Å². The molecule has 0 aliphatic carbocycles. The highest BCUT2D eigenvalue weighted by atomic mass is 16.5. The number of unbranched alkanes of at least 4 members (excludes halogenated alkanes) is 7. The van der Waals surface area contributed by atoms with E-state index in [9.17, 15) is 4.79 Å². The quantitative estimate of drug-likeness (QED) is 0.0716. The highest BCUT2D eigenvalue weighted by Gasteiger charge is 2.10. The Morgan fingerprint density at radius 2 is 1.38 bits per heavy atom. The number of ether oxygens (including phenoxy) is 2. The number of hydrogen-bond donors (Lipinski definition) is 0. The SMILES string of the molecule is CCCCCCCCCCOc1ccc(C(=O)Oc2ccc(N=Nc3ccc4ccccc4c3)c(C)c2)cc1. The van der Waals surface area contributed by atoms with E-state index in [1.54, 1.807) is 24.3 Å². The Hall–Kier alpha value is -3.99. The van der Waals surface area contributed by atoms with Gasteiger partial charge in [0.25, 0.3) is 0 Å². The van der Waals surface area contributed by atoms with Crippen molar-refractivity contribution in [1.82, 2.24) is 0 Å². The van der Waals surface area contributed by atoms with Gasteiger partial charge in [0.1, 0.15) is 11.5 Å². The first-order valence-electron chi connectivity index (χ1n) is 14.1. The molecule has 4 aromatic carbocycles. The van der Waals surface area contributed by atoms with E-state index in [1.807, 2.05) is 55.5 Å². The van der Waals surface area contributed by atoms with Crippen molar-refractivity contribution in [2.45, 2.75) is 65.2 Å². The zero-order valence-corrected chi connectivity index (χ0v) is 23.1. The van der Waals surface area contributed by atoms with Crippen LogP contribution in [0.3, 0.4) is 0 Å². The monoisotopic (exact) mass is 522 g/mol. The van der Waals surface area contributed by atoms with Crippen molar-refractivity contribution in [3.8, 4) is 11.5 Å². The normalized spacial score (nSPS) is 11.2. The summed E-state index contributed by atoms with van der Waals surface area (Å²) in [6, 6.07) is 26.6. The van der Waals surface area contributed by atoms with Crippen LogP contribution in [-0.2, 0) is 0 Å². The van der Waals surface area contributed by atoms with Crippen molar-refractivity contribution in [1.29, 1.82) is 0 Å². The van der Waals surface area contributed by atoms with Crippen molar-refractivity contribution in [2.24, 2.45) is 10.2 Å². The molecule has 0 aliphatic heterocycles. The van der Waals surface area contributed by atoms with E-state index < -0.39 is 5.97 Å². The van der Waals surface area contributed by atoms with Gasteiger partial charge in [-0.05, 0) is 84.3 Å². The summed E-state index contributed by atoms with van der Waals surface area (Å²) < 4.78 is 11.4. The second-order valence-corrected chi connectivity index (χ2v) is 9.92. The van der Waals surface area contributed by atoms with E-state index in [0.717, 1.165) is 34.5 Å². The van der Waals surface area contributed by atoms with E-state index in [4.69, 9.17) is 9.47 Å². The molecule has 0 unspecified atom stereocenters. The molecule has 0 bridgehead atoms. The lowest BCUT2D eigenvalue weighted by Crippen LogP contribution is -2.08. The van der Waals surface area contributed by atoms with Crippen LogP contribution in [0.15, 0.2) is 95.2 Å². The minimum atomic E-state index is -0.408. The van der Waals surface area contributed by atoms with Gasteiger partial charge in [-0.1, -0.05) is 82.2 Å². The van der Waals surface area contributed by atoms with Gasteiger partial charge in [0.15, 0.2) is 0 Å². The first-order chi connectivity index (χ1) is 19.1. The van der Waals surface area contributed by atoms with Gasteiger partial charge in [0.2, 0.25) is 0 Å². The highest BCUT2D eigenvalue weighted by molar-refractivity contribution is 5.91. The maximum Gasteiger partial charge on any atom is 0.343 e. The molecule has 0 N–H and O–H groups in total. The van der Waals surface area contributed by atoms with Gasteiger partial charge in [-0.2, -0.15) is 10.2 Å². The number of aryl methyl sites for hydroxylation is 1. The molecule has 39 heavy (non-hydrogen) atoms. The van der Waals surface area contributed by atoms with Crippen molar-refractivity contribution < 1.29 is 14.3 Å². The molecular formula is C34H38N2O3. The second kappa shape index (κ2) is 14.8. The summed E-state index contributed by atoms with van der Waals surface area (Å²) in [6.07, 6.45) is 10.2. The molecule has 0 saturated heterocycles. The lowest BCUT2D eigenvalue weighted by molar-refractivity contribution is 0.0734. The number of esters is 1. The topological polar surface area (TPSA) is 60.2 Å². The molecule has 0 aliphatic rings. The average Bonchev–Trinajstić information content (AvgIpc) is 2.96. The molecule has 0 spiro atoms. The maximum atomic E-state index is 12.7. The fraction of sp³-hybridized carbons (Fsp3) is 0.324. The summed E-state index contributed by atoms with van der Waals surface area (Å²) in [6.45, 7) is 4.86. The lowest BCUT2D eigenvalue weighted by atomic mass is 10.1. The third kappa shape index (κ3) is 8.78. The van der Waals surface area contributed by atoms with Gasteiger partial charge in [-0.3, -0.25) is 0 Å². The molecule has 0 saturated carbocycles. The number of fused-ring (bicyclic) bond motifs is 1. The van der Waals surface area contributed by atoms with Crippen LogP contribution in [0.4, 0.5) is 11.4 Å². The van der Waals surface area contributed by atoms with E-state index in [1.165, 1.54) is 50.3 Å². The third-order valence-electron chi connectivity index (χ3n) is 6.74. The minimum Gasteiger partial charge on any atom is -0.494 e. The number of carbonyl (C=O) groups is 1. The summed E-state index contributed by atoms with van der Waals surface area (Å²) in [5.41, 5.74) is 2.86. The van der Waals surface area contributed by atoms with Crippen molar-refractivity contribution in [2.75, 3.05) is 6.61 Å². The molecule has 0 heterocycles. The fourth-order valence-corrected chi connectivity index (χ4v) is 4.43. The van der Waals surface area contributed by atoms with Crippen LogP contribution in [0.1, 0.15) is 74.2 Å². The van der Waals surface area contributed by atoms with E-state index in [0.29, 0.717) is 17.9 Å². The van der Waals surface area contributed by atoms with Crippen molar-refractivity contribution in [3.05, 3.63) is 96.1 Å². The van der Waals surface area contributed by atoms with Gasteiger partial charge < -0.3 is 9.47 Å². The molecule has 0 amide bonds. The molecule has 5 heteroatoms. The average molecular weight is 523 g/mol. The number of benzene rings is 4. The minimum absolute atomic E-state index is 0.408. The van der Waals surface area contributed by atoms with Crippen molar-refractivity contribution >= 4 is 28.1 Å². The Bertz CT molecular complexity index is 1380. The summed E-state index contributed by atoms with van der Waals surface area (Å²) in [4.78, 5) is 12.7. The van der Waals surface area contributed by atoms with Crippen LogP contribution in [0.5, 0.6) is 11.5 Å². The molecule has 0 radical (unpaired) electrons. The van der Waals surface area contributed by atoms with Gasteiger partial charge in [-0.15, -0.1) is 0 Å². The van der Waals surface area contributed by atoms with Crippen LogP contribution < -0.4 is 9.47 Å². The first-order valence-corrected chi connectivity index (χ1v) is 14.1. The molecular weight excluding hydrogens is 484 g/mol. The number of azo groups is 1. The summed E-state index contributed by atoms with van der Waals surface area (Å²) in [5, 5.41) is 11.1. The number of hydrogen-bond acceptors (Lipinski definition) is 5. The van der Waals surface area contributed by atoms with E-state index >= 15 is 0 Å². The predicted molar refractivity (Wildman–Crippen MR) is 159 cm³/mol. The highest BCUT2D eigenvalue weighted by Crippen LogP contribution is 2.28. The fourth-order valence-electron chi connectivity index (χ4n) is 4.43. The predicted octanol–water partition coefficient (Wildman–Crippen LogP) is 10.3.